The lowest BCUT2D eigenvalue weighted by molar-refractivity contribution is -0.137. The minimum absolute atomic E-state index is 0.0281. The average Bonchev–Trinajstić information content (AvgIpc) is 2.60. The zero-order valence-electron chi connectivity index (χ0n) is 15.3. The fourth-order valence-corrected chi connectivity index (χ4v) is 3.24. The van der Waals surface area contributed by atoms with Gasteiger partial charge in [-0.1, -0.05) is 32.8 Å². The number of carbonyl (C=O) groups excluding carboxylic acids is 3. The van der Waals surface area contributed by atoms with Crippen LogP contribution in [0.2, 0.25) is 0 Å². The number of aryl methyl sites for hydroxylation is 1. The molecule has 1 fully saturated rings. The maximum absolute atomic E-state index is 12.3. The smallest absolute Gasteiger partial charge is 0.313 e. The molecule has 1 aliphatic carbocycles. The van der Waals surface area contributed by atoms with E-state index in [0.717, 1.165) is 24.8 Å². The van der Waals surface area contributed by atoms with Crippen molar-refractivity contribution in [3.63, 3.8) is 0 Å². The fourth-order valence-electron chi connectivity index (χ4n) is 3.24. The maximum Gasteiger partial charge on any atom is 0.313 e. The molecule has 0 unspecified atom stereocenters. The highest BCUT2D eigenvalue weighted by Gasteiger charge is 2.29. The lowest BCUT2D eigenvalue weighted by Crippen LogP contribution is -2.47. The Kier molecular flexibility index (Phi) is 6.17. The van der Waals surface area contributed by atoms with Gasteiger partial charge in [-0.3, -0.25) is 14.4 Å². The van der Waals surface area contributed by atoms with Crippen molar-refractivity contribution in [1.29, 1.82) is 0 Å². The number of anilines is 1. The van der Waals surface area contributed by atoms with Crippen LogP contribution >= 0.6 is 0 Å². The van der Waals surface area contributed by atoms with Crippen molar-refractivity contribution in [2.75, 3.05) is 12.4 Å². The van der Waals surface area contributed by atoms with Crippen molar-refractivity contribution in [2.24, 2.45) is 11.8 Å². The molecule has 0 bridgehead atoms. The minimum Gasteiger partial charge on any atom is -0.355 e. The van der Waals surface area contributed by atoms with Crippen LogP contribution in [0.25, 0.3) is 0 Å². The van der Waals surface area contributed by atoms with E-state index in [9.17, 15) is 14.4 Å². The van der Waals surface area contributed by atoms with Crippen LogP contribution in [0.5, 0.6) is 0 Å². The van der Waals surface area contributed by atoms with Gasteiger partial charge in [-0.15, -0.1) is 0 Å². The SMILES string of the molecule is CNC(=O)c1ccc(C)c(NC(=O)C(=O)N[C@@H]2CCC[C@H](C)[C@H]2C)c1. The lowest BCUT2D eigenvalue weighted by atomic mass is 9.78. The lowest BCUT2D eigenvalue weighted by Gasteiger charge is -2.34. The molecular formula is C19H27N3O3. The van der Waals surface area contributed by atoms with Crippen LogP contribution in [0.1, 0.15) is 49.0 Å². The van der Waals surface area contributed by atoms with Crippen molar-refractivity contribution < 1.29 is 14.4 Å². The Balaban J connectivity index is 2.03. The number of hydrogen-bond acceptors (Lipinski definition) is 3. The van der Waals surface area contributed by atoms with Crippen LogP contribution < -0.4 is 16.0 Å². The molecule has 0 spiro atoms. The summed E-state index contributed by atoms with van der Waals surface area (Å²) in [6, 6.07) is 5.02. The molecule has 0 saturated heterocycles. The molecular weight excluding hydrogens is 318 g/mol. The Bertz CT molecular complexity index is 672. The summed E-state index contributed by atoms with van der Waals surface area (Å²) < 4.78 is 0. The molecule has 1 aromatic carbocycles. The van der Waals surface area contributed by atoms with Crippen LogP contribution in [-0.2, 0) is 9.59 Å². The largest absolute Gasteiger partial charge is 0.355 e. The van der Waals surface area contributed by atoms with Gasteiger partial charge in [-0.2, -0.15) is 0 Å². The number of nitrogens with one attached hydrogen (secondary N) is 3. The first-order valence-corrected chi connectivity index (χ1v) is 8.78. The minimum atomic E-state index is -0.706. The summed E-state index contributed by atoms with van der Waals surface area (Å²) in [5.74, 6) is -0.694. The highest BCUT2D eigenvalue weighted by molar-refractivity contribution is 6.39. The normalized spacial score (nSPS) is 22.8. The van der Waals surface area contributed by atoms with E-state index in [4.69, 9.17) is 0 Å². The number of amides is 3. The van der Waals surface area contributed by atoms with E-state index in [-0.39, 0.29) is 11.9 Å². The third-order valence-electron chi connectivity index (χ3n) is 5.20. The van der Waals surface area contributed by atoms with E-state index in [1.807, 2.05) is 6.92 Å². The average molecular weight is 345 g/mol. The highest BCUT2D eigenvalue weighted by atomic mass is 16.2. The van der Waals surface area contributed by atoms with Crippen molar-refractivity contribution in [2.45, 2.75) is 46.1 Å². The van der Waals surface area contributed by atoms with Crippen molar-refractivity contribution in [3.8, 4) is 0 Å². The van der Waals surface area contributed by atoms with Crippen LogP contribution in [-0.4, -0.2) is 30.8 Å². The number of carbonyl (C=O) groups is 3. The van der Waals surface area contributed by atoms with Gasteiger partial charge in [0.25, 0.3) is 5.91 Å². The van der Waals surface area contributed by atoms with E-state index in [1.165, 1.54) is 0 Å². The second-order valence-corrected chi connectivity index (χ2v) is 6.91. The summed E-state index contributed by atoms with van der Waals surface area (Å²) in [7, 11) is 1.54. The number of benzene rings is 1. The Hall–Kier alpha value is -2.37. The predicted molar refractivity (Wildman–Crippen MR) is 97.3 cm³/mol. The predicted octanol–water partition coefficient (Wildman–Crippen LogP) is 2.23. The topological polar surface area (TPSA) is 87.3 Å². The van der Waals surface area contributed by atoms with E-state index in [1.54, 1.807) is 25.2 Å². The Labute approximate surface area is 148 Å². The van der Waals surface area contributed by atoms with E-state index < -0.39 is 11.8 Å². The van der Waals surface area contributed by atoms with Crippen LogP contribution in [0.3, 0.4) is 0 Å². The first-order chi connectivity index (χ1) is 11.8. The molecule has 25 heavy (non-hydrogen) atoms. The molecule has 3 N–H and O–H groups in total. The van der Waals surface area contributed by atoms with Gasteiger partial charge in [-0.05, 0) is 42.9 Å². The van der Waals surface area contributed by atoms with Crippen molar-refractivity contribution in [1.82, 2.24) is 10.6 Å². The number of rotatable bonds is 3. The van der Waals surface area contributed by atoms with Gasteiger partial charge < -0.3 is 16.0 Å². The van der Waals surface area contributed by atoms with Crippen molar-refractivity contribution >= 4 is 23.4 Å². The maximum atomic E-state index is 12.3. The summed E-state index contributed by atoms with van der Waals surface area (Å²) in [5, 5.41) is 8.01. The zero-order chi connectivity index (χ0) is 18.6. The molecule has 1 aliphatic rings. The van der Waals surface area contributed by atoms with Gasteiger partial charge in [0, 0.05) is 24.3 Å². The third-order valence-corrected chi connectivity index (χ3v) is 5.20. The van der Waals surface area contributed by atoms with Gasteiger partial charge in [0.15, 0.2) is 0 Å². The molecule has 1 saturated carbocycles. The third kappa shape index (κ3) is 4.59. The van der Waals surface area contributed by atoms with Crippen LogP contribution in [0.15, 0.2) is 18.2 Å². The van der Waals surface area contributed by atoms with Gasteiger partial charge in [0.1, 0.15) is 0 Å². The molecule has 3 atom stereocenters. The monoisotopic (exact) mass is 345 g/mol. The molecule has 3 amide bonds. The first-order valence-electron chi connectivity index (χ1n) is 8.78. The molecule has 1 aromatic rings. The highest BCUT2D eigenvalue weighted by Crippen LogP contribution is 2.29. The van der Waals surface area contributed by atoms with Crippen molar-refractivity contribution in [3.05, 3.63) is 29.3 Å². The van der Waals surface area contributed by atoms with Crippen LogP contribution in [0.4, 0.5) is 5.69 Å². The molecule has 2 rings (SSSR count). The molecule has 0 radical (unpaired) electrons. The molecule has 0 heterocycles. The molecule has 0 aromatic heterocycles. The summed E-state index contributed by atoms with van der Waals surface area (Å²) >= 11 is 0. The first kappa shape index (κ1) is 19.0. The Morgan fingerprint density at radius 1 is 1.08 bits per heavy atom. The van der Waals surface area contributed by atoms with E-state index in [0.29, 0.717) is 23.1 Å². The Morgan fingerprint density at radius 3 is 2.48 bits per heavy atom. The van der Waals surface area contributed by atoms with Gasteiger partial charge >= 0.3 is 11.8 Å². The fraction of sp³-hybridized carbons (Fsp3) is 0.526. The molecule has 136 valence electrons. The number of hydrogen-bond donors (Lipinski definition) is 3. The summed E-state index contributed by atoms with van der Waals surface area (Å²) in [6.07, 6.45) is 3.12. The van der Waals surface area contributed by atoms with Crippen LogP contribution in [0, 0.1) is 18.8 Å². The van der Waals surface area contributed by atoms with Gasteiger partial charge in [0.05, 0.1) is 0 Å². The molecule has 0 aliphatic heterocycles. The van der Waals surface area contributed by atoms with E-state index in [2.05, 4.69) is 29.8 Å². The van der Waals surface area contributed by atoms with Gasteiger partial charge in [0.2, 0.25) is 0 Å². The van der Waals surface area contributed by atoms with Gasteiger partial charge in [-0.25, -0.2) is 0 Å². The quantitative estimate of drug-likeness (QED) is 0.734. The second-order valence-electron chi connectivity index (χ2n) is 6.91. The summed E-state index contributed by atoms with van der Waals surface area (Å²) in [6.45, 7) is 6.10. The van der Waals surface area contributed by atoms with E-state index >= 15 is 0 Å². The summed E-state index contributed by atoms with van der Waals surface area (Å²) in [5.41, 5.74) is 1.68. The zero-order valence-corrected chi connectivity index (χ0v) is 15.3. The second kappa shape index (κ2) is 8.14. The molecule has 6 nitrogen and oxygen atoms in total. The Morgan fingerprint density at radius 2 is 1.80 bits per heavy atom. The molecule has 6 heteroatoms. The standard InChI is InChI=1S/C19H27N3O3/c1-11-6-5-7-15(13(11)3)21-18(24)19(25)22-16-10-14(17(23)20-4)9-8-12(16)2/h8-11,13,15H,5-7H2,1-4H3,(H,20,23)(H,21,24)(H,22,25)/t11-,13+,15+/m0/s1. The summed E-state index contributed by atoms with van der Waals surface area (Å²) in [4.78, 5) is 36.2.